The summed E-state index contributed by atoms with van der Waals surface area (Å²) in [6, 6.07) is 4.35. The number of benzene rings is 1. The Morgan fingerprint density at radius 1 is 1.47 bits per heavy atom. The molecule has 0 fully saturated rings. The van der Waals surface area contributed by atoms with Gasteiger partial charge in [0.1, 0.15) is 5.82 Å². The lowest BCUT2D eigenvalue weighted by molar-refractivity contribution is -0.384. The Bertz CT molecular complexity index is 336. The molecule has 1 aromatic rings. The van der Waals surface area contributed by atoms with Gasteiger partial charge in [0.05, 0.1) is 4.92 Å². The third-order valence-corrected chi connectivity index (χ3v) is 1.34. The zero-order valence-electron chi connectivity index (χ0n) is 8.01. The molecule has 0 saturated carbocycles. The molecule has 0 amide bonds. The average Bonchev–Trinajstić information content (AvgIpc) is 2.19. The Morgan fingerprint density at radius 3 is 2.13 bits per heavy atom. The maximum absolute atomic E-state index is 12.1. The van der Waals surface area contributed by atoms with Crippen molar-refractivity contribution in [3.8, 4) is 0 Å². The van der Waals surface area contributed by atoms with E-state index in [0.29, 0.717) is 0 Å². The number of carbonyl (C=O) groups is 1. The molecule has 0 heterocycles. The van der Waals surface area contributed by atoms with Gasteiger partial charge in [-0.05, 0) is 12.1 Å². The fraction of sp³-hybridized carbons (Fsp3) is 0.222. The molecule has 0 aromatic heterocycles. The molecule has 1 aromatic carbocycles. The molecule has 5 nitrogen and oxygen atoms in total. The highest BCUT2D eigenvalue weighted by molar-refractivity contribution is 5.66. The Balaban J connectivity index is 0.000000336. The van der Waals surface area contributed by atoms with Crippen LogP contribution < -0.4 is 0 Å². The van der Waals surface area contributed by atoms with Crippen LogP contribution in [0.2, 0.25) is 0 Å². The number of nitro groups is 1. The van der Waals surface area contributed by atoms with Crippen LogP contribution in [0.4, 0.5) is 10.1 Å². The van der Waals surface area contributed by atoms with Crippen molar-refractivity contribution in [3.63, 3.8) is 0 Å². The van der Waals surface area contributed by atoms with E-state index in [9.17, 15) is 19.3 Å². The number of aliphatic carboxylic acids is 1. The lowest BCUT2D eigenvalue weighted by atomic mass is 10.3. The SMILES string of the molecule is CCC(=O)O.O=[N+]([O-])c1ccc(F)cc1. The van der Waals surface area contributed by atoms with Gasteiger partial charge in [-0.2, -0.15) is 0 Å². The van der Waals surface area contributed by atoms with Gasteiger partial charge in [-0.15, -0.1) is 0 Å². The fourth-order valence-corrected chi connectivity index (χ4v) is 0.563. The van der Waals surface area contributed by atoms with Gasteiger partial charge in [0.25, 0.3) is 5.69 Å². The normalized spacial score (nSPS) is 8.67. The van der Waals surface area contributed by atoms with E-state index in [4.69, 9.17) is 5.11 Å². The molecule has 15 heavy (non-hydrogen) atoms. The second-order valence-electron chi connectivity index (χ2n) is 2.48. The predicted molar refractivity (Wildman–Crippen MR) is 51.0 cm³/mol. The number of nitrogens with zero attached hydrogens (tertiary/aromatic N) is 1. The van der Waals surface area contributed by atoms with Gasteiger partial charge < -0.3 is 5.11 Å². The number of carboxylic acid groups (broad SMARTS) is 1. The van der Waals surface area contributed by atoms with Crippen LogP contribution in [0.5, 0.6) is 0 Å². The molecular weight excluding hydrogens is 205 g/mol. The molecule has 6 heteroatoms. The minimum Gasteiger partial charge on any atom is -0.481 e. The molecular formula is C9H10FNO4. The quantitative estimate of drug-likeness (QED) is 0.605. The summed E-state index contributed by atoms with van der Waals surface area (Å²) >= 11 is 0. The summed E-state index contributed by atoms with van der Waals surface area (Å²) in [5.74, 6) is -1.21. The molecule has 0 bridgehead atoms. The largest absolute Gasteiger partial charge is 0.481 e. The van der Waals surface area contributed by atoms with Crippen molar-refractivity contribution in [1.29, 1.82) is 0 Å². The number of carboxylic acids is 1. The van der Waals surface area contributed by atoms with Gasteiger partial charge in [-0.1, -0.05) is 6.92 Å². The Morgan fingerprint density at radius 2 is 1.87 bits per heavy atom. The van der Waals surface area contributed by atoms with Crippen molar-refractivity contribution < 1.29 is 19.2 Å². The monoisotopic (exact) mass is 215 g/mol. The van der Waals surface area contributed by atoms with Crippen LogP contribution in [0, 0.1) is 15.9 Å². The van der Waals surface area contributed by atoms with E-state index in [1.54, 1.807) is 6.92 Å². The van der Waals surface area contributed by atoms with Crippen LogP contribution in [0.15, 0.2) is 24.3 Å². The molecule has 0 aliphatic heterocycles. The first-order valence-electron chi connectivity index (χ1n) is 4.09. The Kier molecular flexibility index (Phi) is 5.62. The van der Waals surface area contributed by atoms with Crippen LogP contribution >= 0.6 is 0 Å². The zero-order valence-corrected chi connectivity index (χ0v) is 8.01. The highest BCUT2D eigenvalue weighted by atomic mass is 19.1. The third-order valence-electron chi connectivity index (χ3n) is 1.34. The van der Waals surface area contributed by atoms with Gasteiger partial charge in [-0.3, -0.25) is 14.9 Å². The van der Waals surface area contributed by atoms with Crippen molar-refractivity contribution in [2.75, 3.05) is 0 Å². The minimum atomic E-state index is -0.745. The summed E-state index contributed by atoms with van der Waals surface area (Å²) in [5.41, 5.74) is -0.0959. The second-order valence-corrected chi connectivity index (χ2v) is 2.48. The molecule has 0 aliphatic carbocycles. The standard InChI is InChI=1S/C6H4FNO2.C3H6O2/c7-5-1-3-6(4-2-5)8(9)10;1-2-3(4)5/h1-4H;2H2,1H3,(H,4,5). The zero-order chi connectivity index (χ0) is 11.8. The van der Waals surface area contributed by atoms with E-state index in [2.05, 4.69) is 0 Å². The van der Waals surface area contributed by atoms with Gasteiger partial charge in [0.2, 0.25) is 0 Å². The molecule has 0 aliphatic rings. The summed E-state index contributed by atoms with van der Waals surface area (Å²) in [5, 5.41) is 17.7. The van der Waals surface area contributed by atoms with Crippen molar-refractivity contribution >= 4 is 11.7 Å². The highest BCUT2D eigenvalue weighted by Crippen LogP contribution is 2.09. The molecule has 0 spiro atoms. The lowest BCUT2D eigenvalue weighted by Gasteiger charge is -1.87. The summed E-state index contributed by atoms with van der Waals surface area (Å²) in [6.45, 7) is 1.60. The van der Waals surface area contributed by atoms with Crippen LogP contribution in [-0.4, -0.2) is 16.0 Å². The summed E-state index contributed by atoms with van der Waals surface area (Å²) in [6.07, 6.45) is 0.222. The number of halogens is 1. The minimum absolute atomic E-state index is 0.0959. The van der Waals surface area contributed by atoms with E-state index >= 15 is 0 Å². The molecule has 0 atom stereocenters. The first-order valence-corrected chi connectivity index (χ1v) is 4.09. The maximum Gasteiger partial charge on any atom is 0.303 e. The fourth-order valence-electron chi connectivity index (χ4n) is 0.563. The molecule has 82 valence electrons. The van der Waals surface area contributed by atoms with E-state index < -0.39 is 16.7 Å². The van der Waals surface area contributed by atoms with Crippen LogP contribution in [-0.2, 0) is 4.79 Å². The molecule has 0 unspecified atom stereocenters. The second kappa shape index (κ2) is 6.47. The maximum atomic E-state index is 12.1. The van der Waals surface area contributed by atoms with E-state index in [-0.39, 0.29) is 12.1 Å². The molecule has 1 N–H and O–H groups in total. The number of hydrogen-bond donors (Lipinski definition) is 1. The van der Waals surface area contributed by atoms with E-state index in [1.165, 1.54) is 0 Å². The van der Waals surface area contributed by atoms with Crippen molar-refractivity contribution in [2.24, 2.45) is 0 Å². The number of hydrogen-bond acceptors (Lipinski definition) is 3. The first kappa shape index (κ1) is 13.0. The number of rotatable bonds is 2. The number of non-ortho nitro benzene ring substituents is 1. The van der Waals surface area contributed by atoms with Gasteiger partial charge >= 0.3 is 5.97 Å². The topological polar surface area (TPSA) is 80.4 Å². The van der Waals surface area contributed by atoms with E-state index in [1.807, 2.05) is 0 Å². The molecule has 0 saturated heterocycles. The van der Waals surface area contributed by atoms with E-state index in [0.717, 1.165) is 24.3 Å². The van der Waals surface area contributed by atoms with Crippen molar-refractivity contribution in [1.82, 2.24) is 0 Å². The van der Waals surface area contributed by atoms with Crippen molar-refractivity contribution in [2.45, 2.75) is 13.3 Å². The highest BCUT2D eigenvalue weighted by Gasteiger charge is 2.01. The van der Waals surface area contributed by atoms with Crippen molar-refractivity contribution in [3.05, 3.63) is 40.2 Å². The first-order chi connectivity index (χ1) is 6.97. The molecule has 1 rings (SSSR count). The van der Waals surface area contributed by atoms with Crippen LogP contribution in [0.1, 0.15) is 13.3 Å². The Labute approximate surface area is 85.3 Å². The molecule has 0 radical (unpaired) electrons. The summed E-state index contributed by atoms with van der Waals surface area (Å²) in [4.78, 5) is 18.8. The average molecular weight is 215 g/mol. The predicted octanol–water partition coefficient (Wildman–Crippen LogP) is 2.21. The van der Waals surface area contributed by atoms with Gasteiger partial charge in [-0.25, -0.2) is 4.39 Å². The Hall–Kier alpha value is -1.98. The smallest absolute Gasteiger partial charge is 0.303 e. The number of nitro benzene ring substituents is 1. The van der Waals surface area contributed by atoms with Crippen LogP contribution in [0.3, 0.4) is 0 Å². The summed E-state index contributed by atoms with van der Waals surface area (Å²) < 4.78 is 12.1. The third kappa shape index (κ3) is 6.14. The van der Waals surface area contributed by atoms with Gasteiger partial charge in [0.15, 0.2) is 0 Å². The lowest BCUT2D eigenvalue weighted by Crippen LogP contribution is -1.86. The van der Waals surface area contributed by atoms with Crippen LogP contribution in [0.25, 0.3) is 0 Å². The van der Waals surface area contributed by atoms with Gasteiger partial charge in [0, 0.05) is 18.6 Å². The summed E-state index contributed by atoms with van der Waals surface area (Å²) in [7, 11) is 0.